The van der Waals surface area contributed by atoms with Gasteiger partial charge in [-0.3, -0.25) is 9.59 Å². The van der Waals surface area contributed by atoms with E-state index in [4.69, 9.17) is 0 Å². The van der Waals surface area contributed by atoms with Crippen LogP contribution >= 0.6 is 23.1 Å². The number of fused-ring (bicyclic) bond motifs is 1. The predicted octanol–water partition coefficient (Wildman–Crippen LogP) is 4.64. The largest absolute Gasteiger partial charge is 0.343 e. The van der Waals surface area contributed by atoms with Crippen LogP contribution in [0.5, 0.6) is 0 Å². The molecule has 3 rings (SSSR count). The van der Waals surface area contributed by atoms with Gasteiger partial charge in [-0.15, -0.1) is 11.3 Å². The van der Waals surface area contributed by atoms with Crippen LogP contribution in [0, 0.1) is 11.8 Å². The van der Waals surface area contributed by atoms with Crippen molar-refractivity contribution in [1.29, 1.82) is 0 Å². The molecule has 3 heterocycles. The Kier molecular flexibility index (Phi) is 5.91. The number of Topliss-reactive ketones (excluding diaryl/α,β-unsaturated/α-hetero) is 1. The fraction of sp³-hybridized carbons (Fsp3) is 0.450. The first-order valence-corrected chi connectivity index (χ1v) is 11.0. The Morgan fingerprint density at radius 1 is 1.33 bits per heavy atom. The summed E-state index contributed by atoms with van der Waals surface area (Å²) in [5.41, 5.74) is 1.78. The molecule has 1 atom stereocenters. The summed E-state index contributed by atoms with van der Waals surface area (Å²) >= 11 is 3.10. The fourth-order valence-corrected chi connectivity index (χ4v) is 4.78. The molecule has 0 aliphatic carbocycles. The number of nitrogens with zero attached hydrogens (tertiary/aromatic N) is 1. The van der Waals surface area contributed by atoms with E-state index in [0.717, 1.165) is 16.3 Å². The van der Waals surface area contributed by atoms with Crippen molar-refractivity contribution in [2.24, 2.45) is 11.8 Å². The van der Waals surface area contributed by atoms with Crippen LogP contribution in [0.4, 0.5) is 5.82 Å². The molecular weight excluding hydrogens is 378 g/mol. The van der Waals surface area contributed by atoms with Crippen LogP contribution in [-0.2, 0) is 4.79 Å². The Balaban J connectivity index is 2.14. The number of thioether (sulfide) groups is 1. The lowest BCUT2D eigenvalue weighted by molar-refractivity contribution is -0.118. The number of carbonyl (C=O) groups excluding carboxylic acids is 1. The van der Waals surface area contributed by atoms with Crippen molar-refractivity contribution in [2.45, 2.75) is 45.7 Å². The maximum atomic E-state index is 13.0. The fourth-order valence-electron chi connectivity index (χ4n) is 3.12. The quantitative estimate of drug-likeness (QED) is 0.543. The van der Waals surface area contributed by atoms with Crippen molar-refractivity contribution in [2.75, 3.05) is 11.1 Å². The lowest BCUT2D eigenvalue weighted by Gasteiger charge is -2.29. The summed E-state index contributed by atoms with van der Waals surface area (Å²) in [4.78, 5) is 34.5. The third kappa shape index (κ3) is 4.04. The zero-order valence-electron chi connectivity index (χ0n) is 16.3. The Morgan fingerprint density at radius 2 is 2.07 bits per heavy atom. The van der Waals surface area contributed by atoms with E-state index in [-0.39, 0.29) is 23.2 Å². The molecule has 1 aliphatic heterocycles. The van der Waals surface area contributed by atoms with Crippen molar-refractivity contribution in [3.05, 3.63) is 49.6 Å². The summed E-state index contributed by atoms with van der Waals surface area (Å²) in [6.07, 6.45) is 0. The first-order valence-electron chi connectivity index (χ1n) is 9.12. The van der Waals surface area contributed by atoms with Crippen LogP contribution in [0.25, 0.3) is 0 Å². The third-order valence-electron chi connectivity index (χ3n) is 4.39. The first-order chi connectivity index (χ1) is 12.8. The van der Waals surface area contributed by atoms with E-state index in [0.29, 0.717) is 28.0 Å². The van der Waals surface area contributed by atoms with E-state index in [1.54, 1.807) is 23.1 Å². The molecular formula is C20H25N3O2S2. The number of H-pyrrole nitrogens is 1. The summed E-state index contributed by atoms with van der Waals surface area (Å²) in [6.45, 7) is 9.93. The molecule has 0 spiro atoms. The smallest absolute Gasteiger partial charge is 0.257 e. The molecule has 0 bridgehead atoms. The van der Waals surface area contributed by atoms with Crippen LogP contribution in [0.3, 0.4) is 0 Å². The molecule has 0 saturated heterocycles. The number of ketones is 1. The van der Waals surface area contributed by atoms with Crippen molar-refractivity contribution < 1.29 is 4.79 Å². The molecule has 0 fully saturated rings. The highest BCUT2D eigenvalue weighted by molar-refractivity contribution is 7.99. The minimum absolute atomic E-state index is 0.0571. The van der Waals surface area contributed by atoms with Gasteiger partial charge in [-0.25, -0.2) is 4.98 Å². The van der Waals surface area contributed by atoms with Gasteiger partial charge in [0, 0.05) is 27.8 Å². The SMILES string of the molecule is CC1=C(C(=O)C(C)C)[C@@H](c2cccs2)c2c(nc(SCC(C)C)[nH]c2=O)N1. The number of hydrogen-bond acceptors (Lipinski definition) is 6. The Hall–Kier alpha value is -1.86. The van der Waals surface area contributed by atoms with Gasteiger partial charge in [0.1, 0.15) is 5.82 Å². The molecule has 7 heteroatoms. The maximum Gasteiger partial charge on any atom is 0.257 e. The number of anilines is 1. The van der Waals surface area contributed by atoms with Gasteiger partial charge in [-0.05, 0) is 24.3 Å². The number of thiophene rings is 1. The molecule has 0 unspecified atom stereocenters. The molecule has 0 radical (unpaired) electrons. The number of aromatic nitrogens is 2. The number of allylic oxidation sites excluding steroid dienone is 2. The molecule has 2 aromatic rings. The van der Waals surface area contributed by atoms with Crippen molar-refractivity contribution in [1.82, 2.24) is 9.97 Å². The highest BCUT2D eigenvalue weighted by atomic mass is 32.2. The Bertz CT molecular complexity index is 927. The van der Waals surface area contributed by atoms with Crippen molar-refractivity contribution in [3.8, 4) is 0 Å². The lowest BCUT2D eigenvalue weighted by atomic mass is 9.81. The van der Waals surface area contributed by atoms with E-state index < -0.39 is 0 Å². The third-order valence-corrected chi connectivity index (χ3v) is 6.63. The van der Waals surface area contributed by atoms with Crippen LogP contribution in [0.15, 0.2) is 38.7 Å². The molecule has 144 valence electrons. The molecule has 0 saturated carbocycles. The number of rotatable bonds is 6. The summed E-state index contributed by atoms with van der Waals surface area (Å²) in [7, 11) is 0. The van der Waals surface area contributed by atoms with Gasteiger partial charge in [0.2, 0.25) is 0 Å². The Labute approximate surface area is 167 Å². The van der Waals surface area contributed by atoms with E-state index in [1.165, 1.54) is 0 Å². The molecule has 5 nitrogen and oxygen atoms in total. The summed E-state index contributed by atoms with van der Waals surface area (Å²) < 4.78 is 0. The zero-order chi connectivity index (χ0) is 19.7. The van der Waals surface area contributed by atoms with Gasteiger partial charge < -0.3 is 10.3 Å². The summed E-state index contributed by atoms with van der Waals surface area (Å²) in [6, 6.07) is 3.93. The zero-order valence-corrected chi connectivity index (χ0v) is 17.9. The normalized spacial score (nSPS) is 16.6. The topological polar surface area (TPSA) is 74.8 Å². The van der Waals surface area contributed by atoms with Crippen molar-refractivity contribution in [3.63, 3.8) is 0 Å². The molecule has 1 aliphatic rings. The van der Waals surface area contributed by atoms with Gasteiger partial charge in [-0.2, -0.15) is 0 Å². The lowest BCUT2D eigenvalue weighted by Crippen LogP contribution is -2.31. The molecule has 2 N–H and O–H groups in total. The van der Waals surface area contributed by atoms with Gasteiger partial charge >= 0.3 is 0 Å². The second kappa shape index (κ2) is 8.02. The molecule has 0 amide bonds. The van der Waals surface area contributed by atoms with Crippen LogP contribution in [-0.4, -0.2) is 21.5 Å². The highest BCUT2D eigenvalue weighted by Crippen LogP contribution is 2.42. The average molecular weight is 404 g/mol. The predicted molar refractivity (Wildman–Crippen MR) is 113 cm³/mol. The average Bonchev–Trinajstić information content (AvgIpc) is 3.12. The summed E-state index contributed by atoms with van der Waals surface area (Å²) in [5, 5.41) is 5.80. The van der Waals surface area contributed by atoms with Crippen molar-refractivity contribution >= 4 is 34.7 Å². The maximum absolute atomic E-state index is 13.0. The Morgan fingerprint density at radius 3 is 2.67 bits per heavy atom. The van der Waals surface area contributed by atoms with E-state index >= 15 is 0 Å². The second-order valence-corrected chi connectivity index (χ2v) is 9.46. The monoisotopic (exact) mass is 403 g/mol. The molecule has 27 heavy (non-hydrogen) atoms. The van der Waals surface area contributed by atoms with Gasteiger partial charge in [0.05, 0.1) is 11.5 Å². The standard InChI is InChI=1S/C20H25N3O2S2/c1-10(2)9-27-20-22-18-16(19(25)23-20)15(13-7-6-8-26-13)14(12(5)21-18)17(24)11(3)4/h6-8,10-11,15H,9H2,1-5H3,(H2,21,22,23,25)/t15-/m1/s1. The van der Waals surface area contributed by atoms with Gasteiger partial charge in [-0.1, -0.05) is 45.5 Å². The van der Waals surface area contributed by atoms with Crippen LogP contribution in [0.1, 0.15) is 51.0 Å². The molecule has 0 aromatic carbocycles. The van der Waals surface area contributed by atoms with E-state index in [1.807, 2.05) is 38.3 Å². The minimum atomic E-state index is -0.378. The second-order valence-electron chi connectivity index (χ2n) is 7.47. The molecule has 2 aromatic heterocycles. The van der Waals surface area contributed by atoms with Crippen LogP contribution in [0.2, 0.25) is 0 Å². The highest BCUT2D eigenvalue weighted by Gasteiger charge is 2.36. The van der Waals surface area contributed by atoms with E-state index in [9.17, 15) is 9.59 Å². The van der Waals surface area contributed by atoms with Gasteiger partial charge in [0.25, 0.3) is 5.56 Å². The van der Waals surface area contributed by atoms with Gasteiger partial charge in [0.15, 0.2) is 10.9 Å². The minimum Gasteiger partial charge on any atom is -0.343 e. The summed E-state index contributed by atoms with van der Waals surface area (Å²) in [5.74, 6) is 1.47. The number of aromatic amines is 1. The number of carbonyl (C=O) groups is 1. The van der Waals surface area contributed by atoms with Crippen LogP contribution < -0.4 is 10.9 Å². The number of nitrogens with one attached hydrogen (secondary N) is 2. The first kappa shape index (κ1) is 19.9. The van der Waals surface area contributed by atoms with E-state index in [2.05, 4.69) is 29.1 Å². The number of hydrogen-bond donors (Lipinski definition) is 2.